The molecule has 0 aromatic heterocycles. The second-order valence-corrected chi connectivity index (χ2v) is 12.7. The fourth-order valence-corrected chi connectivity index (χ4v) is 1.11. The molecule has 0 aromatic carbocycles. The summed E-state index contributed by atoms with van der Waals surface area (Å²) in [7, 11) is 14.2. The Morgan fingerprint density at radius 1 is 1.05 bits per heavy atom. The van der Waals surface area contributed by atoms with E-state index in [4.69, 9.17) is 29.1 Å². The molecule has 0 unspecified atom stereocenters. The molecule has 1 saturated heterocycles. The number of piperidine rings is 1. The molecule has 0 aromatic rings. The van der Waals surface area contributed by atoms with E-state index in [1.54, 1.807) is 18.7 Å². The Balaban J connectivity index is 0. The molecule has 0 radical (unpaired) electrons. The van der Waals surface area contributed by atoms with Gasteiger partial charge in [0, 0.05) is 23.3 Å². The summed E-state index contributed by atoms with van der Waals surface area (Å²) in [5.41, 5.74) is 0. The van der Waals surface area contributed by atoms with Gasteiger partial charge in [-0.25, -0.2) is 0 Å². The molecule has 0 saturated carbocycles. The van der Waals surface area contributed by atoms with Crippen LogP contribution in [0.4, 0.5) is 0 Å². The molecule has 0 bridgehead atoms. The summed E-state index contributed by atoms with van der Waals surface area (Å²) in [5, 5.41) is 8.09. The van der Waals surface area contributed by atoms with Crippen molar-refractivity contribution in [3.05, 3.63) is 35.1 Å². The number of allylic oxidation sites excluding steroid dienone is 2. The van der Waals surface area contributed by atoms with E-state index in [0.717, 1.165) is 19.6 Å². The van der Waals surface area contributed by atoms with Gasteiger partial charge in [0.15, 0.2) is 0 Å². The molecule has 2 rings (SSSR count). The molecular weight excluding hydrogens is 429 g/mol. The molecule has 8 heteroatoms. The standard InChI is InChI=1S/C5H10N.C5H6N.C2H6OS.3ClH.Rh/c2*1-2-4-6-5-3-1;1-4(2)3;;;;/h1-5H2;1-4H,5H2;1-2H3;3*1H;/q2*-1;;;;;+3/p-3. The van der Waals surface area contributed by atoms with Crippen LogP contribution in [0.1, 0.15) is 19.3 Å². The Morgan fingerprint density at radius 3 is 1.65 bits per heavy atom. The van der Waals surface area contributed by atoms with Gasteiger partial charge < -0.3 is 10.6 Å². The van der Waals surface area contributed by atoms with Crippen molar-refractivity contribution in [3.8, 4) is 0 Å². The van der Waals surface area contributed by atoms with Crippen molar-refractivity contribution in [2.45, 2.75) is 19.3 Å². The van der Waals surface area contributed by atoms with Gasteiger partial charge in [-0.05, 0) is 0 Å². The van der Waals surface area contributed by atoms with E-state index in [1.807, 2.05) is 18.2 Å². The fourth-order valence-electron chi connectivity index (χ4n) is 1.11. The average Bonchev–Trinajstić information content (AvgIpc) is 2.42. The van der Waals surface area contributed by atoms with E-state index in [2.05, 4.69) is 10.6 Å². The van der Waals surface area contributed by atoms with E-state index in [1.165, 1.54) is 19.3 Å². The van der Waals surface area contributed by atoms with Gasteiger partial charge in [0.1, 0.15) is 0 Å². The predicted molar refractivity (Wildman–Crippen MR) is 91.0 cm³/mol. The Bertz CT molecular complexity index is 245. The molecule has 3 nitrogen and oxygen atoms in total. The molecule has 2 aliphatic rings. The molecule has 1 fully saturated rings. The van der Waals surface area contributed by atoms with Crippen LogP contribution in [0.25, 0.3) is 10.6 Å². The molecule has 0 aliphatic carbocycles. The summed E-state index contributed by atoms with van der Waals surface area (Å²) in [6.07, 6.45) is 15.1. The third-order valence-electron chi connectivity index (χ3n) is 1.78. The van der Waals surface area contributed by atoms with Crippen LogP contribution in [0.2, 0.25) is 0 Å². The minimum atomic E-state index is -1.66. The van der Waals surface area contributed by atoms with Gasteiger partial charge in [-0.3, -0.25) is 4.21 Å². The summed E-state index contributed by atoms with van der Waals surface area (Å²) in [4.78, 5) is 0. The van der Waals surface area contributed by atoms with Crippen LogP contribution in [0.15, 0.2) is 24.4 Å². The summed E-state index contributed by atoms with van der Waals surface area (Å²) in [6, 6.07) is 0. The molecule has 124 valence electrons. The van der Waals surface area contributed by atoms with Gasteiger partial charge >= 0.3 is 42.1 Å². The first-order valence-electron chi connectivity index (χ1n) is 5.98. The Kier molecular flexibility index (Phi) is 23.0. The summed E-state index contributed by atoms with van der Waals surface area (Å²) in [5.74, 6) is 0. The van der Waals surface area contributed by atoms with Gasteiger partial charge in [-0.2, -0.15) is 6.20 Å². The molecule has 0 amide bonds. The van der Waals surface area contributed by atoms with Crippen molar-refractivity contribution in [1.82, 2.24) is 0 Å². The number of halogens is 3. The fraction of sp³-hybridized carbons (Fsp3) is 0.667. The van der Waals surface area contributed by atoms with Crippen LogP contribution in [0.3, 0.4) is 0 Å². The van der Waals surface area contributed by atoms with Crippen LogP contribution < -0.4 is 0 Å². The zero-order valence-corrected chi connectivity index (χ0v) is 16.5. The van der Waals surface area contributed by atoms with Gasteiger partial charge in [0.05, 0.1) is 0 Å². The van der Waals surface area contributed by atoms with Crippen LogP contribution in [-0.2, 0) is 23.8 Å². The Hall–Kier alpha value is 0.883. The van der Waals surface area contributed by atoms with E-state index < -0.39 is 23.8 Å². The molecule has 20 heavy (non-hydrogen) atoms. The Morgan fingerprint density at radius 2 is 1.55 bits per heavy atom. The number of hydrogen-bond donors (Lipinski definition) is 0. The summed E-state index contributed by atoms with van der Waals surface area (Å²) >= 11 is -1.66. The first-order valence-corrected chi connectivity index (χ1v) is 14.3. The molecule has 2 aliphatic heterocycles. The SMILES string of the molecule is C1=CC[N-]C=C1.C1CC[N-]CC1.CS(C)=O.[Cl][Rh]([Cl])[Cl]. The van der Waals surface area contributed by atoms with Crippen LogP contribution in [0, 0.1) is 0 Å². The zero-order valence-electron chi connectivity index (χ0n) is 11.7. The van der Waals surface area contributed by atoms with E-state index in [-0.39, 0.29) is 0 Å². The predicted octanol–water partition coefficient (Wildman–Crippen LogP) is 5.05. The zero-order chi connectivity index (χ0) is 15.6. The normalized spacial score (nSPS) is 16.4. The molecular formula is C12H22Cl3N2ORhS-2. The monoisotopic (exact) mass is 450 g/mol. The van der Waals surface area contributed by atoms with Gasteiger partial charge in [-0.15, -0.1) is 25.7 Å². The second kappa shape index (κ2) is 19.9. The maximum absolute atomic E-state index is 9.56. The van der Waals surface area contributed by atoms with Gasteiger partial charge in [-0.1, -0.05) is 31.4 Å². The van der Waals surface area contributed by atoms with Gasteiger partial charge in [0.2, 0.25) is 0 Å². The van der Waals surface area contributed by atoms with Crippen molar-refractivity contribution < 1.29 is 17.2 Å². The summed E-state index contributed by atoms with van der Waals surface area (Å²) < 4.78 is 9.56. The quantitative estimate of drug-likeness (QED) is 0.476. The minimum absolute atomic E-state index is 0.611. The molecule has 0 spiro atoms. The molecule has 2 heterocycles. The summed E-state index contributed by atoms with van der Waals surface area (Å²) in [6.45, 7) is 3.11. The van der Waals surface area contributed by atoms with Crippen molar-refractivity contribution in [3.63, 3.8) is 0 Å². The van der Waals surface area contributed by atoms with Crippen molar-refractivity contribution >= 4 is 39.9 Å². The van der Waals surface area contributed by atoms with E-state index in [0.29, 0.717) is 0 Å². The second-order valence-electron chi connectivity index (χ2n) is 3.75. The van der Waals surface area contributed by atoms with Gasteiger partial charge in [0.25, 0.3) is 0 Å². The number of hydrogen-bond acceptors (Lipinski definition) is 1. The van der Waals surface area contributed by atoms with E-state index >= 15 is 0 Å². The van der Waals surface area contributed by atoms with Crippen LogP contribution >= 0.6 is 29.1 Å². The van der Waals surface area contributed by atoms with Crippen LogP contribution in [0.5, 0.6) is 0 Å². The third kappa shape index (κ3) is 36.4. The third-order valence-corrected chi connectivity index (χ3v) is 1.78. The number of nitrogens with zero attached hydrogens (tertiary/aromatic N) is 2. The average molecular weight is 452 g/mol. The molecule has 0 atom stereocenters. The van der Waals surface area contributed by atoms with Crippen molar-refractivity contribution in [2.75, 3.05) is 32.1 Å². The topological polar surface area (TPSA) is 45.3 Å². The van der Waals surface area contributed by atoms with Crippen molar-refractivity contribution in [2.24, 2.45) is 0 Å². The van der Waals surface area contributed by atoms with Crippen molar-refractivity contribution in [1.29, 1.82) is 0 Å². The van der Waals surface area contributed by atoms with E-state index in [9.17, 15) is 4.21 Å². The van der Waals surface area contributed by atoms with Crippen LogP contribution in [-0.4, -0.2) is 36.4 Å². The number of rotatable bonds is 0. The Labute approximate surface area is 143 Å². The first-order chi connectivity index (χ1) is 9.46. The molecule has 0 N–H and O–H groups in total. The maximum atomic E-state index is 9.56. The first kappa shape index (κ1) is 23.2.